The molecule has 9 heteroatoms. The third kappa shape index (κ3) is 4.83. The molecule has 0 bridgehead atoms. The van der Waals surface area contributed by atoms with E-state index in [0.717, 1.165) is 29.7 Å². The summed E-state index contributed by atoms with van der Waals surface area (Å²) < 4.78 is 26.8. The van der Waals surface area contributed by atoms with Crippen molar-refractivity contribution in [1.29, 1.82) is 0 Å². The molecule has 0 spiro atoms. The van der Waals surface area contributed by atoms with Gasteiger partial charge in [0.1, 0.15) is 0 Å². The molecule has 1 aromatic heterocycles. The van der Waals surface area contributed by atoms with Gasteiger partial charge in [0.15, 0.2) is 0 Å². The number of hydrogen-bond acceptors (Lipinski definition) is 6. The van der Waals surface area contributed by atoms with Gasteiger partial charge in [-0.05, 0) is 32.4 Å². The fraction of sp³-hybridized carbons (Fsp3) is 0.400. The molecule has 1 unspecified atom stereocenters. The molecule has 0 aliphatic rings. The van der Waals surface area contributed by atoms with E-state index in [-0.39, 0.29) is 21.4 Å². The minimum atomic E-state index is -3.72. The fourth-order valence-electron chi connectivity index (χ4n) is 2.05. The van der Waals surface area contributed by atoms with Gasteiger partial charge in [0.25, 0.3) is 15.9 Å². The second-order valence-corrected chi connectivity index (χ2v) is 8.37. The van der Waals surface area contributed by atoms with Gasteiger partial charge in [-0.1, -0.05) is 42.4 Å². The molecule has 130 valence electrons. The van der Waals surface area contributed by atoms with Gasteiger partial charge in [-0.2, -0.15) is 0 Å². The first kappa shape index (κ1) is 18.5. The number of rotatable bonds is 7. The van der Waals surface area contributed by atoms with Crippen molar-refractivity contribution in [1.82, 2.24) is 14.9 Å². The standard InChI is InChI=1S/C15H20N4O3S2/c1-4-5-11(3)19-24(21,22)15-18-17-14(23-15)16-13(20)12-8-6-10(2)7-9-12/h6-9,11,19H,4-5H2,1-3H3,(H,16,17,20). The molecule has 2 aromatic rings. The Balaban J connectivity index is 2.07. The Kier molecular flexibility index (Phi) is 6.03. The van der Waals surface area contributed by atoms with Crippen LogP contribution in [0.3, 0.4) is 0 Å². The molecule has 1 amide bonds. The van der Waals surface area contributed by atoms with E-state index in [0.29, 0.717) is 5.56 Å². The Morgan fingerprint density at radius 3 is 2.54 bits per heavy atom. The number of nitrogens with zero attached hydrogens (tertiary/aromatic N) is 2. The summed E-state index contributed by atoms with van der Waals surface area (Å²) in [4.78, 5) is 12.1. The third-order valence-electron chi connectivity index (χ3n) is 3.25. The number of benzene rings is 1. The zero-order valence-electron chi connectivity index (χ0n) is 13.7. The van der Waals surface area contributed by atoms with Crippen LogP contribution in [0.1, 0.15) is 42.6 Å². The lowest BCUT2D eigenvalue weighted by Crippen LogP contribution is -2.32. The fourth-order valence-corrected chi connectivity index (χ4v) is 4.24. The summed E-state index contributed by atoms with van der Waals surface area (Å²) in [6.07, 6.45) is 1.60. The Hall–Kier alpha value is -1.84. The van der Waals surface area contributed by atoms with E-state index in [1.54, 1.807) is 19.1 Å². The lowest BCUT2D eigenvalue weighted by atomic mass is 10.1. The normalized spacial score (nSPS) is 12.8. The zero-order chi connectivity index (χ0) is 17.7. The predicted octanol–water partition coefficient (Wildman–Crippen LogP) is 2.57. The Morgan fingerprint density at radius 2 is 1.92 bits per heavy atom. The lowest BCUT2D eigenvalue weighted by Gasteiger charge is -2.10. The van der Waals surface area contributed by atoms with Crippen LogP contribution in [0.15, 0.2) is 28.6 Å². The van der Waals surface area contributed by atoms with E-state index in [4.69, 9.17) is 0 Å². The third-order valence-corrected chi connectivity index (χ3v) is 6.04. The van der Waals surface area contributed by atoms with Crippen molar-refractivity contribution in [2.45, 2.75) is 44.0 Å². The highest BCUT2D eigenvalue weighted by Gasteiger charge is 2.22. The predicted molar refractivity (Wildman–Crippen MR) is 93.7 cm³/mol. The van der Waals surface area contributed by atoms with Gasteiger partial charge in [-0.3, -0.25) is 10.1 Å². The van der Waals surface area contributed by atoms with Gasteiger partial charge in [-0.25, -0.2) is 13.1 Å². The largest absolute Gasteiger partial charge is 0.296 e. The number of anilines is 1. The first-order valence-corrected chi connectivity index (χ1v) is 9.85. The van der Waals surface area contributed by atoms with Crippen LogP contribution < -0.4 is 10.0 Å². The van der Waals surface area contributed by atoms with Crippen molar-refractivity contribution in [2.75, 3.05) is 5.32 Å². The van der Waals surface area contributed by atoms with Crippen LogP contribution in [0.4, 0.5) is 5.13 Å². The van der Waals surface area contributed by atoms with E-state index < -0.39 is 10.0 Å². The number of hydrogen-bond donors (Lipinski definition) is 2. The topological polar surface area (TPSA) is 101 Å². The molecule has 0 aliphatic carbocycles. The summed E-state index contributed by atoms with van der Waals surface area (Å²) in [7, 11) is -3.72. The molecule has 0 saturated carbocycles. The summed E-state index contributed by atoms with van der Waals surface area (Å²) in [5.74, 6) is -0.359. The maximum absolute atomic E-state index is 12.2. The summed E-state index contributed by atoms with van der Waals surface area (Å²) in [6, 6.07) is 6.84. The van der Waals surface area contributed by atoms with Crippen molar-refractivity contribution in [3.05, 3.63) is 35.4 Å². The zero-order valence-corrected chi connectivity index (χ0v) is 15.4. The van der Waals surface area contributed by atoms with Gasteiger partial charge in [-0.15, -0.1) is 10.2 Å². The van der Waals surface area contributed by atoms with Crippen LogP contribution in [0.25, 0.3) is 0 Å². The SMILES string of the molecule is CCCC(C)NS(=O)(=O)c1nnc(NC(=O)c2ccc(C)cc2)s1. The van der Waals surface area contributed by atoms with Crippen LogP contribution in [0.5, 0.6) is 0 Å². The number of carbonyl (C=O) groups excluding carboxylic acids is 1. The molecule has 1 aromatic carbocycles. The highest BCUT2D eigenvalue weighted by molar-refractivity contribution is 7.91. The van der Waals surface area contributed by atoms with Gasteiger partial charge in [0.2, 0.25) is 9.47 Å². The smallest absolute Gasteiger partial charge is 0.270 e. The molecule has 1 atom stereocenters. The minimum Gasteiger partial charge on any atom is -0.296 e. The van der Waals surface area contributed by atoms with Crippen molar-refractivity contribution >= 4 is 32.4 Å². The van der Waals surface area contributed by atoms with Crippen molar-refractivity contribution in [3.63, 3.8) is 0 Å². The van der Waals surface area contributed by atoms with E-state index in [1.165, 1.54) is 0 Å². The molecule has 0 radical (unpaired) electrons. The maximum Gasteiger partial charge on any atom is 0.270 e. The quantitative estimate of drug-likeness (QED) is 0.732. The molecule has 0 fully saturated rings. The molecule has 7 nitrogen and oxygen atoms in total. The van der Waals surface area contributed by atoms with Crippen molar-refractivity contribution in [3.8, 4) is 0 Å². The van der Waals surface area contributed by atoms with Gasteiger partial charge in [0.05, 0.1) is 0 Å². The lowest BCUT2D eigenvalue weighted by molar-refractivity contribution is 0.102. The molecule has 2 rings (SSSR count). The first-order chi connectivity index (χ1) is 11.3. The van der Waals surface area contributed by atoms with Crippen molar-refractivity contribution < 1.29 is 13.2 Å². The summed E-state index contributed by atoms with van der Waals surface area (Å²) in [5.41, 5.74) is 1.51. The first-order valence-electron chi connectivity index (χ1n) is 7.55. The van der Waals surface area contributed by atoms with Crippen molar-refractivity contribution in [2.24, 2.45) is 0 Å². The number of nitrogens with one attached hydrogen (secondary N) is 2. The highest BCUT2D eigenvalue weighted by Crippen LogP contribution is 2.21. The molecular formula is C15H20N4O3S2. The highest BCUT2D eigenvalue weighted by atomic mass is 32.2. The Morgan fingerprint density at radius 1 is 1.25 bits per heavy atom. The summed E-state index contributed by atoms with van der Waals surface area (Å²) >= 11 is 0.821. The number of carbonyl (C=O) groups is 1. The number of aromatic nitrogens is 2. The van der Waals surface area contributed by atoms with Gasteiger partial charge >= 0.3 is 0 Å². The average Bonchev–Trinajstić information content (AvgIpc) is 2.97. The van der Waals surface area contributed by atoms with Crippen LogP contribution in [0, 0.1) is 6.92 Å². The van der Waals surface area contributed by atoms with E-state index in [1.807, 2.05) is 26.0 Å². The van der Waals surface area contributed by atoms with Crippen LogP contribution >= 0.6 is 11.3 Å². The Bertz CT molecular complexity index is 800. The van der Waals surface area contributed by atoms with E-state index in [2.05, 4.69) is 20.2 Å². The monoisotopic (exact) mass is 368 g/mol. The molecule has 1 heterocycles. The molecule has 2 N–H and O–H groups in total. The van der Waals surface area contributed by atoms with Crippen LogP contribution in [-0.2, 0) is 10.0 Å². The average molecular weight is 368 g/mol. The second-order valence-electron chi connectivity index (χ2n) is 5.50. The molecular weight excluding hydrogens is 348 g/mol. The second kappa shape index (κ2) is 7.82. The van der Waals surface area contributed by atoms with E-state index in [9.17, 15) is 13.2 Å². The maximum atomic E-state index is 12.2. The van der Waals surface area contributed by atoms with Gasteiger partial charge in [0, 0.05) is 11.6 Å². The Labute approximate surface area is 145 Å². The molecule has 0 aliphatic heterocycles. The van der Waals surface area contributed by atoms with Crippen LogP contribution in [-0.4, -0.2) is 30.6 Å². The summed E-state index contributed by atoms with van der Waals surface area (Å²) in [6.45, 7) is 5.70. The van der Waals surface area contributed by atoms with Crippen LogP contribution in [0.2, 0.25) is 0 Å². The molecule has 0 saturated heterocycles. The molecule has 24 heavy (non-hydrogen) atoms. The number of aryl methyl sites for hydroxylation is 1. The number of amides is 1. The minimum absolute atomic E-state index is 0.143. The number of sulfonamides is 1. The van der Waals surface area contributed by atoms with Gasteiger partial charge < -0.3 is 0 Å². The summed E-state index contributed by atoms with van der Waals surface area (Å²) in [5, 5.41) is 10.1. The van der Waals surface area contributed by atoms with E-state index >= 15 is 0 Å².